The fraction of sp³-hybridized carbons (Fsp3) is 0. The van der Waals surface area contributed by atoms with Gasteiger partial charge >= 0.3 is 0 Å². The first-order chi connectivity index (χ1) is 14.2. The Morgan fingerprint density at radius 3 is 2.55 bits per heavy atom. The molecule has 2 aromatic heterocycles. The Kier molecular flexibility index (Phi) is 4.26. The zero-order valence-electron chi connectivity index (χ0n) is 15.3. The number of nitrogens with two attached hydrogens (primary N) is 1. The Bertz CT molecular complexity index is 1360. The Morgan fingerprint density at radius 2 is 1.72 bits per heavy atom. The quantitative estimate of drug-likeness (QED) is 0.474. The van der Waals surface area contributed by atoms with Crippen LogP contribution in [0.3, 0.4) is 0 Å². The predicted molar refractivity (Wildman–Crippen MR) is 115 cm³/mol. The maximum Gasteiger partial charge on any atom is 0.248 e. The van der Waals surface area contributed by atoms with Crippen molar-refractivity contribution >= 4 is 34.2 Å². The summed E-state index contributed by atoms with van der Waals surface area (Å²) in [5.41, 5.74) is 10.00. The van der Waals surface area contributed by atoms with Crippen LogP contribution in [0.2, 0.25) is 0 Å². The third-order valence-electron chi connectivity index (χ3n) is 4.81. The monoisotopic (exact) mass is 396 g/mol. The minimum absolute atomic E-state index is 0.426. The molecule has 5 nitrogen and oxygen atoms in total. The zero-order chi connectivity index (χ0) is 19.8. The van der Waals surface area contributed by atoms with E-state index in [9.17, 15) is 4.79 Å². The van der Waals surface area contributed by atoms with Gasteiger partial charge in [0.25, 0.3) is 0 Å². The molecule has 29 heavy (non-hydrogen) atoms. The van der Waals surface area contributed by atoms with Crippen LogP contribution in [0.15, 0.2) is 95.0 Å². The standard InChI is InChI=1S/C23H16N4OS/c24-23(28)16-7-4-8-17(11-16)29-18-9-10-19-20(15-5-2-1-3-6-15)13-22-26-25-14-27(22)21(19)12-18/h1-14H,(H2,24,28). The molecule has 1 amide bonds. The van der Waals surface area contributed by atoms with Gasteiger partial charge in [0.05, 0.1) is 5.52 Å². The third-order valence-corrected chi connectivity index (χ3v) is 5.78. The molecule has 0 fully saturated rings. The molecular formula is C23H16N4OS. The van der Waals surface area contributed by atoms with Crippen molar-refractivity contribution in [1.29, 1.82) is 0 Å². The molecular weight excluding hydrogens is 380 g/mol. The molecule has 2 heterocycles. The zero-order valence-corrected chi connectivity index (χ0v) is 16.1. The number of fused-ring (bicyclic) bond motifs is 3. The summed E-state index contributed by atoms with van der Waals surface area (Å²) >= 11 is 1.58. The summed E-state index contributed by atoms with van der Waals surface area (Å²) in [6.45, 7) is 0. The van der Waals surface area contributed by atoms with Crippen LogP contribution < -0.4 is 5.73 Å². The van der Waals surface area contributed by atoms with E-state index < -0.39 is 5.91 Å². The molecule has 5 rings (SSSR count). The van der Waals surface area contributed by atoms with Gasteiger partial charge in [-0.1, -0.05) is 54.2 Å². The first-order valence-corrected chi connectivity index (χ1v) is 9.90. The molecule has 0 unspecified atom stereocenters. The van der Waals surface area contributed by atoms with Crippen LogP contribution in [0.5, 0.6) is 0 Å². The average Bonchev–Trinajstić information content (AvgIpc) is 3.23. The number of carbonyl (C=O) groups is 1. The van der Waals surface area contributed by atoms with Gasteiger partial charge in [0.15, 0.2) is 5.65 Å². The summed E-state index contributed by atoms with van der Waals surface area (Å²) in [4.78, 5) is 13.5. The van der Waals surface area contributed by atoms with Gasteiger partial charge in [-0.3, -0.25) is 9.20 Å². The van der Waals surface area contributed by atoms with E-state index in [1.165, 1.54) is 0 Å². The molecule has 6 heteroatoms. The molecule has 0 saturated carbocycles. The Hall–Kier alpha value is -3.64. The van der Waals surface area contributed by atoms with Gasteiger partial charge in [0.2, 0.25) is 5.91 Å². The molecule has 0 aliphatic rings. The molecule has 0 spiro atoms. The lowest BCUT2D eigenvalue weighted by Crippen LogP contribution is -2.10. The van der Waals surface area contributed by atoms with Crippen molar-refractivity contribution in [3.8, 4) is 11.1 Å². The number of carbonyl (C=O) groups excluding carboxylic acids is 1. The lowest BCUT2D eigenvalue weighted by molar-refractivity contribution is 0.1000. The largest absolute Gasteiger partial charge is 0.366 e. The van der Waals surface area contributed by atoms with Gasteiger partial charge in [0, 0.05) is 20.7 Å². The van der Waals surface area contributed by atoms with Crippen LogP contribution in [0.4, 0.5) is 0 Å². The second kappa shape index (κ2) is 7.07. The van der Waals surface area contributed by atoms with E-state index in [4.69, 9.17) is 5.73 Å². The van der Waals surface area contributed by atoms with Crippen molar-refractivity contribution in [1.82, 2.24) is 14.6 Å². The van der Waals surface area contributed by atoms with E-state index in [1.54, 1.807) is 24.2 Å². The lowest BCUT2D eigenvalue weighted by Gasteiger charge is -2.11. The number of nitrogens with zero attached hydrogens (tertiary/aromatic N) is 3. The molecule has 140 valence electrons. The fourth-order valence-corrected chi connectivity index (χ4v) is 4.35. The highest BCUT2D eigenvalue weighted by Crippen LogP contribution is 2.35. The Balaban J connectivity index is 1.65. The highest BCUT2D eigenvalue weighted by molar-refractivity contribution is 7.99. The van der Waals surface area contributed by atoms with E-state index in [0.29, 0.717) is 5.56 Å². The van der Waals surface area contributed by atoms with Crippen molar-refractivity contribution in [3.05, 3.63) is 90.8 Å². The van der Waals surface area contributed by atoms with Crippen LogP contribution >= 0.6 is 11.8 Å². The number of pyridine rings is 1. The molecule has 5 aromatic rings. The number of hydrogen-bond donors (Lipinski definition) is 1. The summed E-state index contributed by atoms with van der Waals surface area (Å²) in [5, 5.41) is 9.46. The van der Waals surface area contributed by atoms with Crippen molar-refractivity contribution in [2.45, 2.75) is 9.79 Å². The van der Waals surface area contributed by atoms with Crippen molar-refractivity contribution in [3.63, 3.8) is 0 Å². The van der Waals surface area contributed by atoms with E-state index in [0.717, 1.165) is 37.5 Å². The summed E-state index contributed by atoms with van der Waals surface area (Å²) in [5.74, 6) is -0.426. The molecule has 0 aliphatic carbocycles. The van der Waals surface area contributed by atoms with Gasteiger partial charge in [-0.2, -0.15) is 0 Å². The van der Waals surface area contributed by atoms with Crippen LogP contribution in [-0.4, -0.2) is 20.5 Å². The van der Waals surface area contributed by atoms with Crippen LogP contribution in [0.1, 0.15) is 10.4 Å². The van der Waals surface area contributed by atoms with E-state index in [-0.39, 0.29) is 0 Å². The maximum atomic E-state index is 11.5. The van der Waals surface area contributed by atoms with Crippen molar-refractivity contribution in [2.24, 2.45) is 5.73 Å². The van der Waals surface area contributed by atoms with Crippen LogP contribution in [0, 0.1) is 0 Å². The highest BCUT2D eigenvalue weighted by atomic mass is 32.2. The average molecular weight is 396 g/mol. The van der Waals surface area contributed by atoms with Gasteiger partial charge in [-0.05, 0) is 47.5 Å². The molecule has 0 bridgehead atoms. The lowest BCUT2D eigenvalue weighted by atomic mass is 10.0. The summed E-state index contributed by atoms with van der Waals surface area (Å²) in [6, 6.07) is 26.0. The molecule has 0 atom stereocenters. The van der Waals surface area contributed by atoms with Gasteiger partial charge in [-0.15, -0.1) is 10.2 Å². The van der Waals surface area contributed by atoms with Gasteiger partial charge < -0.3 is 5.73 Å². The molecule has 3 aromatic carbocycles. The van der Waals surface area contributed by atoms with Crippen molar-refractivity contribution < 1.29 is 4.79 Å². The van der Waals surface area contributed by atoms with Crippen molar-refractivity contribution in [2.75, 3.05) is 0 Å². The SMILES string of the molecule is NC(=O)c1cccc(Sc2ccc3c(-c4ccccc4)cc4nncn4c3c2)c1. The first kappa shape index (κ1) is 17.5. The Morgan fingerprint density at radius 1 is 0.897 bits per heavy atom. The summed E-state index contributed by atoms with van der Waals surface area (Å²) in [7, 11) is 0. The van der Waals surface area contributed by atoms with Gasteiger partial charge in [0.1, 0.15) is 6.33 Å². The second-order valence-corrected chi connectivity index (χ2v) is 7.80. The van der Waals surface area contributed by atoms with Crippen LogP contribution in [-0.2, 0) is 0 Å². The summed E-state index contributed by atoms with van der Waals surface area (Å²) in [6.07, 6.45) is 1.73. The Labute approximate surface area is 171 Å². The number of amides is 1. The minimum Gasteiger partial charge on any atom is -0.366 e. The van der Waals surface area contributed by atoms with Crippen LogP contribution in [0.25, 0.3) is 27.7 Å². The number of hydrogen-bond acceptors (Lipinski definition) is 4. The van der Waals surface area contributed by atoms with E-state index >= 15 is 0 Å². The second-order valence-electron chi connectivity index (χ2n) is 6.66. The molecule has 2 N–H and O–H groups in total. The maximum absolute atomic E-state index is 11.5. The highest BCUT2D eigenvalue weighted by Gasteiger charge is 2.11. The number of rotatable bonds is 4. The third kappa shape index (κ3) is 3.23. The van der Waals surface area contributed by atoms with E-state index in [2.05, 4.69) is 46.6 Å². The molecule has 0 saturated heterocycles. The topological polar surface area (TPSA) is 73.3 Å². The predicted octanol–water partition coefficient (Wildman–Crippen LogP) is 4.80. The number of aromatic nitrogens is 3. The minimum atomic E-state index is -0.426. The fourth-order valence-electron chi connectivity index (χ4n) is 3.44. The smallest absolute Gasteiger partial charge is 0.248 e. The van der Waals surface area contributed by atoms with Gasteiger partial charge in [-0.25, -0.2) is 0 Å². The number of primary amides is 1. The van der Waals surface area contributed by atoms with E-state index in [1.807, 2.05) is 40.8 Å². The first-order valence-electron chi connectivity index (χ1n) is 9.09. The molecule has 0 aliphatic heterocycles. The number of benzene rings is 3. The normalized spacial score (nSPS) is 11.2. The summed E-state index contributed by atoms with van der Waals surface area (Å²) < 4.78 is 1.99. The molecule has 0 radical (unpaired) electrons.